The van der Waals surface area contributed by atoms with Crippen molar-refractivity contribution in [1.29, 1.82) is 0 Å². The van der Waals surface area contributed by atoms with Crippen LogP contribution in [-0.2, 0) is 6.61 Å². The molecule has 0 atom stereocenters. The van der Waals surface area contributed by atoms with Crippen LogP contribution >= 0.6 is 22.6 Å². The van der Waals surface area contributed by atoms with Crippen LogP contribution in [0.25, 0.3) is 11.0 Å². The Hall–Kier alpha value is -3.73. The SMILES string of the molecule is O=C(N/N=C\c1ccc(OCc2ccccc2)c(I)c1)c1cc2cc([N+](=O)[O-])ccc2o1. The smallest absolute Gasteiger partial charge is 0.307 e. The predicted molar refractivity (Wildman–Crippen MR) is 128 cm³/mol. The number of nitrogens with one attached hydrogen (secondary N) is 1. The molecule has 8 nitrogen and oxygen atoms in total. The maximum atomic E-state index is 12.3. The molecule has 0 saturated heterocycles. The Balaban J connectivity index is 1.38. The van der Waals surface area contributed by atoms with Gasteiger partial charge in [0.1, 0.15) is 17.9 Å². The van der Waals surface area contributed by atoms with E-state index in [0.29, 0.717) is 17.6 Å². The van der Waals surface area contributed by atoms with Gasteiger partial charge in [-0.1, -0.05) is 30.3 Å². The number of non-ortho nitro benzene ring substituents is 1. The Morgan fingerprint density at radius 1 is 1.12 bits per heavy atom. The number of rotatable bonds is 7. The molecule has 0 fully saturated rings. The van der Waals surface area contributed by atoms with E-state index >= 15 is 0 Å². The van der Waals surface area contributed by atoms with E-state index in [2.05, 4.69) is 33.1 Å². The van der Waals surface area contributed by atoms with E-state index in [-0.39, 0.29) is 11.4 Å². The van der Waals surface area contributed by atoms with Gasteiger partial charge in [0.15, 0.2) is 5.76 Å². The second-order valence-corrected chi connectivity index (χ2v) is 7.92. The molecule has 0 aliphatic heterocycles. The minimum atomic E-state index is -0.558. The number of benzene rings is 3. The van der Waals surface area contributed by atoms with Gasteiger partial charge in [0, 0.05) is 17.5 Å². The quantitative estimate of drug-likeness (QED) is 0.148. The Bertz CT molecular complexity index is 1320. The molecule has 0 aliphatic carbocycles. The van der Waals surface area contributed by atoms with Gasteiger partial charge in [0.05, 0.1) is 14.7 Å². The van der Waals surface area contributed by atoms with Gasteiger partial charge in [0.2, 0.25) is 0 Å². The van der Waals surface area contributed by atoms with Crippen LogP contribution in [0.15, 0.2) is 82.3 Å². The molecule has 0 bridgehead atoms. The van der Waals surface area contributed by atoms with Crippen LogP contribution in [0, 0.1) is 13.7 Å². The van der Waals surface area contributed by atoms with Crippen LogP contribution in [0.5, 0.6) is 5.75 Å². The second-order valence-electron chi connectivity index (χ2n) is 6.75. The van der Waals surface area contributed by atoms with E-state index in [0.717, 1.165) is 20.4 Å². The molecule has 1 heterocycles. The van der Waals surface area contributed by atoms with E-state index < -0.39 is 10.8 Å². The molecule has 0 radical (unpaired) electrons. The summed E-state index contributed by atoms with van der Waals surface area (Å²) in [6.07, 6.45) is 1.51. The zero-order chi connectivity index (χ0) is 22.5. The van der Waals surface area contributed by atoms with Gasteiger partial charge >= 0.3 is 5.91 Å². The van der Waals surface area contributed by atoms with Crippen molar-refractivity contribution in [3.63, 3.8) is 0 Å². The minimum Gasteiger partial charge on any atom is -0.488 e. The van der Waals surface area contributed by atoms with Crippen LogP contribution in [0.1, 0.15) is 21.7 Å². The lowest BCUT2D eigenvalue weighted by atomic mass is 10.2. The number of nitrogens with zero attached hydrogens (tertiary/aromatic N) is 2. The lowest BCUT2D eigenvalue weighted by Crippen LogP contribution is -2.16. The van der Waals surface area contributed by atoms with Crippen molar-refractivity contribution in [2.45, 2.75) is 6.61 Å². The van der Waals surface area contributed by atoms with Gasteiger partial charge in [-0.3, -0.25) is 14.9 Å². The molecular weight excluding hydrogens is 525 g/mol. The van der Waals surface area contributed by atoms with Crippen LogP contribution in [0.2, 0.25) is 0 Å². The molecule has 0 spiro atoms. The molecule has 0 unspecified atom stereocenters. The fourth-order valence-electron chi connectivity index (χ4n) is 2.93. The molecule has 1 aromatic heterocycles. The van der Waals surface area contributed by atoms with E-state index in [1.54, 1.807) is 0 Å². The summed E-state index contributed by atoms with van der Waals surface area (Å²) in [6.45, 7) is 0.473. The predicted octanol–water partition coefficient (Wildman–Crippen LogP) is 5.29. The Morgan fingerprint density at radius 3 is 2.69 bits per heavy atom. The Labute approximate surface area is 196 Å². The number of carbonyl (C=O) groups excluding carboxylic acids is 1. The maximum Gasteiger partial charge on any atom is 0.307 e. The number of carbonyl (C=O) groups is 1. The minimum absolute atomic E-state index is 0.0110. The number of nitro benzene ring substituents is 1. The van der Waals surface area contributed by atoms with Crippen molar-refractivity contribution >= 4 is 51.4 Å². The average Bonchev–Trinajstić information content (AvgIpc) is 3.23. The Morgan fingerprint density at radius 2 is 1.94 bits per heavy atom. The van der Waals surface area contributed by atoms with Gasteiger partial charge in [-0.05, 0) is 64.0 Å². The zero-order valence-corrected chi connectivity index (χ0v) is 18.7. The van der Waals surface area contributed by atoms with E-state index in [4.69, 9.17) is 9.15 Å². The number of amides is 1. The highest BCUT2D eigenvalue weighted by Gasteiger charge is 2.14. The molecule has 4 rings (SSSR count). The van der Waals surface area contributed by atoms with E-state index in [1.165, 1.54) is 30.5 Å². The number of hydrazone groups is 1. The van der Waals surface area contributed by atoms with Gasteiger partial charge in [-0.25, -0.2) is 5.43 Å². The average molecular weight is 541 g/mol. The summed E-state index contributed by atoms with van der Waals surface area (Å²) in [7, 11) is 0. The standard InChI is InChI=1S/C23H16IN3O5/c24-19-10-16(6-8-21(19)31-14-15-4-2-1-3-5-15)13-25-26-23(28)22-12-17-11-18(27(29)30)7-9-20(17)32-22/h1-13H,14H2,(H,26,28)/b25-13-. The highest BCUT2D eigenvalue weighted by atomic mass is 127. The van der Waals surface area contributed by atoms with Crippen LogP contribution in [0.3, 0.4) is 0 Å². The first kappa shape index (κ1) is 21.5. The monoisotopic (exact) mass is 541 g/mol. The maximum absolute atomic E-state index is 12.3. The van der Waals surface area contributed by atoms with Gasteiger partial charge in [-0.2, -0.15) is 5.10 Å². The second kappa shape index (κ2) is 9.60. The number of furan rings is 1. The summed E-state index contributed by atoms with van der Waals surface area (Å²) in [6, 6.07) is 21.0. The number of ether oxygens (including phenoxy) is 1. The fourth-order valence-corrected chi connectivity index (χ4v) is 3.62. The summed E-state index contributed by atoms with van der Waals surface area (Å²) in [4.78, 5) is 22.7. The molecule has 3 aromatic carbocycles. The number of hydrogen-bond acceptors (Lipinski definition) is 6. The van der Waals surface area contributed by atoms with E-state index in [9.17, 15) is 14.9 Å². The molecule has 4 aromatic rings. The molecule has 32 heavy (non-hydrogen) atoms. The van der Waals surface area contributed by atoms with Gasteiger partial charge < -0.3 is 9.15 Å². The van der Waals surface area contributed by atoms with Gasteiger partial charge in [-0.15, -0.1) is 0 Å². The van der Waals surface area contributed by atoms with Crippen molar-refractivity contribution in [3.8, 4) is 5.75 Å². The molecular formula is C23H16IN3O5. The number of fused-ring (bicyclic) bond motifs is 1. The third-order valence-corrected chi connectivity index (χ3v) is 5.35. The summed E-state index contributed by atoms with van der Waals surface area (Å²) in [5, 5.41) is 15.3. The van der Waals surface area contributed by atoms with Crippen molar-refractivity contribution in [1.82, 2.24) is 5.43 Å². The van der Waals surface area contributed by atoms with Crippen LogP contribution in [-0.4, -0.2) is 17.0 Å². The molecule has 160 valence electrons. The topological polar surface area (TPSA) is 107 Å². The molecule has 0 saturated carbocycles. The van der Waals surface area contributed by atoms with E-state index in [1.807, 2.05) is 48.5 Å². The summed E-state index contributed by atoms with van der Waals surface area (Å²) >= 11 is 2.18. The number of nitro groups is 1. The summed E-state index contributed by atoms with van der Waals surface area (Å²) in [5.74, 6) is 0.210. The number of halogens is 1. The van der Waals surface area contributed by atoms with Crippen LogP contribution in [0.4, 0.5) is 5.69 Å². The lowest BCUT2D eigenvalue weighted by Gasteiger charge is -2.08. The summed E-state index contributed by atoms with van der Waals surface area (Å²) < 4.78 is 12.2. The number of hydrogen-bond donors (Lipinski definition) is 1. The van der Waals surface area contributed by atoms with Crippen molar-refractivity contribution in [2.75, 3.05) is 0 Å². The largest absolute Gasteiger partial charge is 0.488 e. The highest BCUT2D eigenvalue weighted by molar-refractivity contribution is 14.1. The fraction of sp³-hybridized carbons (Fsp3) is 0.0435. The lowest BCUT2D eigenvalue weighted by molar-refractivity contribution is -0.384. The summed E-state index contributed by atoms with van der Waals surface area (Å²) in [5.41, 5.74) is 4.56. The van der Waals surface area contributed by atoms with Crippen LogP contribution < -0.4 is 10.2 Å². The molecule has 0 aliphatic rings. The van der Waals surface area contributed by atoms with Crippen molar-refractivity contribution in [3.05, 3.63) is 103 Å². The first-order chi connectivity index (χ1) is 15.5. The first-order valence-corrected chi connectivity index (χ1v) is 10.5. The van der Waals surface area contributed by atoms with Gasteiger partial charge in [0.25, 0.3) is 5.69 Å². The normalized spacial score (nSPS) is 11.0. The molecule has 9 heteroatoms. The highest BCUT2D eigenvalue weighted by Crippen LogP contribution is 2.24. The van der Waals surface area contributed by atoms with Crippen molar-refractivity contribution in [2.24, 2.45) is 5.10 Å². The third-order valence-electron chi connectivity index (χ3n) is 4.51. The molecule has 1 N–H and O–H groups in total. The zero-order valence-electron chi connectivity index (χ0n) is 16.5. The van der Waals surface area contributed by atoms with Crippen molar-refractivity contribution < 1.29 is 18.9 Å². The Kier molecular flexibility index (Phi) is 6.45. The first-order valence-electron chi connectivity index (χ1n) is 9.47. The third kappa shape index (κ3) is 5.11. The molecule has 1 amide bonds.